The minimum Gasteiger partial charge on any atom is -0.398 e. The largest absolute Gasteiger partial charge is 0.694 e. The number of ether oxygens (including phenoxy) is 2. The highest BCUT2D eigenvalue weighted by atomic mass is 32.2. The number of aromatic nitrogens is 2. The summed E-state index contributed by atoms with van der Waals surface area (Å²) < 4.78 is 41.4. The highest BCUT2D eigenvalue weighted by Crippen LogP contribution is 2.46. The minimum atomic E-state index is -2.66. The van der Waals surface area contributed by atoms with Gasteiger partial charge in [-0.3, -0.25) is 9.36 Å². The number of nitrogens with zero attached hydrogens (tertiary/aromatic N) is 2. The van der Waals surface area contributed by atoms with Crippen molar-refractivity contribution in [2.75, 3.05) is 31.3 Å². The molecule has 4 aromatic carbocycles. The normalized spacial score (nSPS) is 20.5. The summed E-state index contributed by atoms with van der Waals surface area (Å²) >= 11 is 1.08. The van der Waals surface area contributed by atoms with E-state index >= 15 is 0 Å². The van der Waals surface area contributed by atoms with Crippen molar-refractivity contribution in [3.05, 3.63) is 161 Å². The van der Waals surface area contributed by atoms with Crippen LogP contribution < -0.4 is 16.9 Å². The number of carbonyl (C=O) groups is 1. The lowest BCUT2D eigenvalue weighted by molar-refractivity contribution is -0.124. The molecule has 5 aromatic rings. The van der Waals surface area contributed by atoms with Crippen LogP contribution in [0.2, 0.25) is 0 Å². The van der Waals surface area contributed by atoms with E-state index in [1.54, 1.807) is 0 Å². The number of aliphatic hydroxyl groups excluding tert-OH is 1. The Labute approximate surface area is 342 Å². The van der Waals surface area contributed by atoms with Gasteiger partial charge in [0.2, 0.25) is 0 Å². The molecule has 13 nitrogen and oxygen atoms in total. The quantitative estimate of drug-likeness (QED) is 0.0574. The molecule has 3 heterocycles. The minimum absolute atomic E-state index is 0.0288. The highest BCUT2D eigenvalue weighted by molar-refractivity contribution is 8.13. The first-order valence-corrected chi connectivity index (χ1v) is 20.8. The summed E-state index contributed by atoms with van der Waals surface area (Å²) in [5.41, 5.74) is 6.12. The summed E-state index contributed by atoms with van der Waals surface area (Å²) in [6, 6.07) is 41.0. The fourth-order valence-electron chi connectivity index (χ4n) is 7.02. The van der Waals surface area contributed by atoms with Crippen LogP contribution in [0.25, 0.3) is 0 Å². The third kappa shape index (κ3) is 9.50. The van der Waals surface area contributed by atoms with Gasteiger partial charge in [-0.05, 0) is 49.0 Å². The van der Waals surface area contributed by atoms with Gasteiger partial charge in [-0.15, -0.1) is 9.42 Å². The first-order valence-electron chi connectivity index (χ1n) is 18.6. The number of fused-ring (bicyclic) bond motifs is 1. The SMILES string of the molecule is CC(C)(COC(c1ccccc1)(c1ccccc1)c1ccccc1)C(=O)SCCO[P+](=O)O.C[C@@]12OB(c3ccccc3)O[C@@H]1[C@@H](CO)O[C@H]2n1ccc(N)nc1=O. The van der Waals surface area contributed by atoms with Crippen molar-refractivity contribution in [1.29, 1.82) is 0 Å². The van der Waals surface area contributed by atoms with E-state index in [0.29, 0.717) is 5.75 Å². The molecule has 1 aromatic heterocycles. The number of nitrogens with two attached hydrogens (primary N) is 1. The first-order chi connectivity index (χ1) is 27.9. The predicted molar refractivity (Wildman–Crippen MR) is 222 cm³/mol. The zero-order chi connectivity index (χ0) is 41.3. The molecule has 58 heavy (non-hydrogen) atoms. The Kier molecular flexibility index (Phi) is 14.1. The number of carbonyl (C=O) groups excluding carboxylic acids is 1. The average molecular weight is 827 g/mol. The van der Waals surface area contributed by atoms with Gasteiger partial charge in [-0.25, -0.2) is 4.79 Å². The van der Waals surface area contributed by atoms with Gasteiger partial charge in [0.1, 0.15) is 35.8 Å². The maximum absolute atomic E-state index is 12.9. The third-order valence-corrected chi connectivity index (χ3v) is 11.5. The highest BCUT2D eigenvalue weighted by Gasteiger charge is 2.63. The van der Waals surface area contributed by atoms with Crippen molar-refractivity contribution in [2.24, 2.45) is 5.41 Å². The monoisotopic (exact) mass is 826 g/mol. The molecule has 302 valence electrons. The van der Waals surface area contributed by atoms with Crippen LogP contribution in [0.4, 0.5) is 5.82 Å². The number of hydrogen-bond acceptors (Lipinski definition) is 12. The van der Waals surface area contributed by atoms with Crippen LogP contribution in [-0.4, -0.2) is 75.2 Å². The Balaban J connectivity index is 0.000000202. The molecule has 2 aliphatic rings. The van der Waals surface area contributed by atoms with E-state index in [1.807, 2.05) is 142 Å². The molecule has 2 fully saturated rings. The van der Waals surface area contributed by atoms with Crippen LogP contribution in [0.3, 0.4) is 0 Å². The molecule has 0 saturated carbocycles. The molecule has 0 aliphatic carbocycles. The van der Waals surface area contributed by atoms with Gasteiger partial charge in [0.25, 0.3) is 0 Å². The second kappa shape index (κ2) is 19.0. The fraction of sp³-hybridized carbons (Fsp3) is 0.310. The van der Waals surface area contributed by atoms with Crippen molar-refractivity contribution >= 4 is 43.5 Å². The van der Waals surface area contributed by atoms with E-state index in [4.69, 9.17) is 29.4 Å². The molecule has 2 saturated heterocycles. The Bertz CT molecular complexity index is 2090. The molecule has 7 rings (SSSR count). The summed E-state index contributed by atoms with van der Waals surface area (Å²) in [5.74, 6) is 0.427. The Morgan fingerprint density at radius 3 is 1.97 bits per heavy atom. The van der Waals surface area contributed by atoms with Crippen molar-refractivity contribution in [3.8, 4) is 0 Å². The molecule has 0 amide bonds. The number of aliphatic hydroxyl groups is 1. The van der Waals surface area contributed by atoms with Crippen molar-refractivity contribution in [1.82, 2.24) is 9.55 Å². The lowest BCUT2D eigenvalue weighted by atomic mass is 9.79. The van der Waals surface area contributed by atoms with E-state index in [9.17, 15) is 19.3 Å². The van der Waals surface area contributed by atoms with Crippen molar-refractivity contribution < 1.29 is 42.7 Å². The van der Waals surface area contributed by atoms with E-state index < -0.39 is 56.1 Å². The number of rotatable bonds is 14. The third-order valence-electron chi connectivity index (χ3n) is 9.94. The second-order valence-electron chi connectivity index (χ2n) is 14.5. The molecule has 0 bridgehead atoms. The van der Waals surface area contributed by atoms with Crippen LogP contribution in [-0.2, 0) is 38.3 Å². The molecule has 1 unspecified atom stereocenters. The maximum atomic E-state index is 12.9. The molecular formula is C42H46BN3O10PS+. The van der Waals surface area contributed by atoms with Crippen LogP contribution in [0.5, 0.6) is 0 Å². The lowest BCUT2D eigenvalue weighted by Crippen LogP contribution is -2.45. The summed E-state index contributed by atoms with van der Waals surface area (Å²) in [6.07, 6.45) is -0.425. The number of hydrogen-bond donors (Lipinski definition) is 3. The molecule has 0 spiro atoms. The zero-order valence-corrected chi connectivity index (χ0v) is 34.0. The summed E-state index contributed by atoms with van der Waals surface area (Å²) in [4.78, 5) is 37.7. The number of anilines is 1. The topological polar surface area (TPSA) is 182 Å². The number of thioether (sulfide) groups is 1. The molecular weight excluding hydrogens is 780 g/mol. The fourth-order valence-corrected chi connectivity index (χ4v) is 8.20. The van der Waals surface area contributed by atoms with Crippen LogP contribution in [0, 0.1) is 5.41 Å². The Morgan fingerprint density at radius 1 is 0.931 bits per heavy atom. The van der Waals surface area contributed by atoms with Crippen LogP contribution >= 0.6 is 20.0 Å². The van der Waals surface area contributed by atoms with Gasteiger partial charge in [-0.2, -0.15) is 4.98 Å². The molecule has 0 radical (unpaired) electrons. The Hall–Kier alpha value is -4.54. The maximum Gasteiger partial charge on any atom is 0.694 e. The van der Waals surface area contributed by atoms with E-state index in [1.165, 1.54) is 16.8 Å². The van der Waals surface area contributed by atoms with Gasteiger partial charge in [-0.1, -0.05) is 133 Å². The lowest BCUT2D eigenvalue weighted by Gasteiger charge is -2.38. The van der Waals surface area contributed by atoms with Gasteiger partial charge in [0, 0.05) is 16.5 Å². The summed E-state index contributed by atoms with van der Waals surface area (Å²) in [7, 11) is -3.26. The standard InChI is InChI=1S/C26H27O5PS.C16H18BN3O5/c1-25(2,24(27)33-19-18-31-32(28)29)20-30-26(21-12-6-3-7-13-21,22-14-8-4-9-15-22)23-16-10-5-11-17-23;1-16-13(24-17(25-16)10-5-3-2-4-6-10)11(9-21)23-14(16)20-8-7-12(18)19-15(20)22/h3-17H,18-20H2,1-2H3;2-8,11,13-14,21H,9H2,1H3,(H2,18,19,22)/p+1/t;11-,13-,14-,16-/m.1/s1. The van der Waals surface area contributed by atoms with Gasteiger partial charge in [0.15, 0.2) is 11.3 Å². The zero-order valence-electron chi connectivity index (χ0n) is 32.3. The molecule has 4 N–H and O–H groups in total. The smallest absolute Gasteiger partial charge is 0.398 e. The van der Waals surface area contributed by atoms with Gasteiger partial charge in [0.05, 0.1) is 18.6 Å². The van der Waals surface area contributed by atoms with E-state index in [0.717, 1.165) is 33.9 Å². The number of benzene rings is 4. The molecule has 16 heteroatoms. The Morgan fingerprint density at radius 2 is 1.47 bits per heavy atom. The average Bonchev–Trinajstić information content (AvgIpc) is 3.73. The number of nitrogen functional groups attached to an aromatic ring is 1. The van der Waals surface area contributed by atoms with Gasteiger partial charge < -0.3 is 29.6 Å². The first kappa shape index (κ1) is 43.1. The van der Waals surface area contributed by atoms with Crippen LogP contribution in [0.15, 0.2) is 138 Å². The summed E-state index contributed by atoms with van der Waals surface area (Å²) in [5, 5.41) is 9.61. The van der Waals surface area contributed by atoms with Crippen LogP contribution in [0.1, 0.15) is 43.7 Å². The van der Waals surface area contributed by atoms with Crippen molar-refractivity contribution in [2.45, 2.75) is 50.4 Å². The summed E-state index contributed by atoms with van der Waals surface area (Å²) in [6.45, 7) is 5.46. The van der Waals surface area contributed by atoms with E-state index in [-0.39, 0.29) is 30.8 Å². The van der Waals surface area contributed by atoms with E-state index in [2.05, 4.69) is 9.51 Å². The predicted octanol–water partition coefficient (Wildman–Crippen LogP) is 5.23. The van der Waals surface area contributed by atoms with Crippen molar-refractivity contribution in [3.63, 3.8) is 0 Å². The molecule has 5 atom stereocenters. The van der Waals surface area contributed by atoms with Gasteiger partial charge >= 0.3 is 21.1 Å². The molecule has 2 aliphatic heterocycles. The second-order valence-corrected chi connectivity index (χ2v) is 16.3.